The zero-order valence-electron chi connectivity index (χ0n) is 8.81. The van der Waals surface area contributed by atoms with Gasteiger partial charge in [0.15, 0.2) is 5.69 Å². The summed E-state index contributed by atoms with van der Waals surface area (Å²) >= 11 is 11.4. The summed E-state index contributed by atoms with van der Waals surface area (Å²) in [6.07, 6.45) is 0. The first-order valence-electron chi connectivity index (χ1n) is 4.63. The topological polar surface area (TPSA) is 126 Å². The highest BCUT2D eigenvalue weighted by Crippen LogP contribution is 2.43. The molecule has 0 amide bonds. The van der Waals surface area contributed by atoms with E-state index in [1.54, 1.807) is 0 Å². The number of nitro benzene ring substituents is 1. The van der Waals surface area contributed by atoms with Crippen LogP contribution in [0.4, 0.5) is 11.4 Å². The fourth-order valence-corrected chi connectivity index (χ4v) is 2.04. The van der Waals surface area contributed by atoms with Crippen molar-refractivity contribution in [3.8, 4) is 5.75 Å². The van der Waals surface area contributed by atoms with Crippen molar-refractivity contribution < 1.29 is 10.0 Å². The Labute approximate surface area is 113 Å². The van der Waals surface area contributed by atoms with Gasteiger partial charge in [-0.3, -0.25) is 14.9 Å². The predicted molar refractivity (Wildman–Crippen MR) is 68.4 cm³/mol. The molecule has 0 radical (unpaired) electrons. The van der Waals surface area contributed by atoms with Gasteiger partial charge in [-0.1, -0.05) is 23.2 Å². The van der Waals surface area contributed by atoms with Crippen molar-refractivity contribution in [3.63, 3.8) is 0 Å². The van der Waals surface area contributed by atoms with Gasteiger partial charge in [-0.05, 0) is 11.2 Å². The molecular weight excluding hydrogens is 301 g/mol. The third kappa shape index (κ3) is 1.90. The van der Waals surface area contributed by atoms with Crippen LogP contribution in [0.15, 0.2) is 16.0 Å². The van der Waals surface area contributed by atoms with Crippen molar-refractivity contribution in [1.82, 2.24) is 4.98 Å². The maximum atomic E-state index is 11.3. The number of rotatable bonds is 2. The number of aromatic nitrogens is 1. The molecule has 1 aromatic carbocycles. The molecule has 0 aliphatic rings. The van der Waals surface area contributed by atoms with Crippen LogP contribution in [0.3, 0.4) is 0 Å². The molecule has 10 heteroatoms. The summed E-state index contributed by atoms with van der Waals surface area (Å²) in [5.41, 5.74) is -2.62. The van der Waals surface area contributed by atoms with Crippen LogP contribution in [0.25, 0.3) is 10.9 Å². The Morgan fingerprint density at radius 3 is 2.58 bits per heavy atom. The third-order valence-electron chi connectivity index (χ3n) is 2.39. The molecule has 0 bridgehead atoms. The van der Waals surface area contributed by atoms with Crippen LogP contribution in [-0.2, 0) is 0 Å². The zero-order chi connectivity index (χ0) is 14.3. The van der Waals surface area contributed by atoms with E-state index in [1.165, 1.54) is 0 Å². The van der Waals surface area contributed by atoms with Crippen LogP contribution >= 0.6 is 23.2 Å². The van der Waals surface area contributed by atoms with Crippen molar-refractivity contribution in [2.75, 3.05) is 0 Å². The maximum Gasteiger partial charge on any atom is 0.301 e. The normalized spacial score (nSPS) is 10.6. The van der Waals surface area contributed by atoms with Crippen molar-refractivity contribution in [1.29, 1.82) is 0 Å². The number of hydrogen-bond acceptors (Lipinski definition) is 6. The minimum absolute atomic E-state index is 0.126. The number of aromatic hydroxyl groups is 1. The summed E-state index contributed by atoms with van der Waals surface area (Å²) in [6, 6.07) is 1.13. The second kappa shape index (κ2) is 4.48. The number of aromatic amines is 1. The summed E-state index contributed by atoms with van der Waals surface area (Å²) in [4.78, 5) is 34.3. The van der Waals surface area contributed by atoms with E-state index < -0.39 is 32.6 Å². The first kappa shape index (κ1) is 13.2. The van der Waals surface area contributed by atoms with E-state index in [9.17, 15) is 24.9 Å². The van der Waals surface area contributed by atoms with Crippen molar-refractivity contribution >= 4 is 45.5 Å². The number of halogens is 2. The Morgan fingerprint density at radius 1 is 1.42 bits per heavy atom. The number of nitro groups is 1. The fraction of sp³-hybridized carbons (Fsp3) is 0. The molecule has 2 aromatic rings. The number of H-pyrrole nitrogens is 1. The Kier molecular flexibility index (Phi) is 3.13. The van der Waals surface area contributed by atoms with Gasteiger partial charge >= 0.3 is 5.69 Å². The quantitative estimate of drug-likeness (QED) is 0.501. The number of hydrogen-bond donors (Lipinski definition) is 2. The number of pyridine rings is 1. The molecule has 2 rings (SSSR count). The number of nitrogens with zero attached hydrogens (tertiary/aromatic N) is 2. The SMILES string of the molecule is O=Nc1c(O)c(=O)[nH]c2cc(Cl)c(Cl)c([N+](=O)[O-])c12. The Hall–Kier alpha value is -2.19. The average molecular weight is 304 g/mol. The summed E-state index contributed by atoms with van der Waals surface area (Å²) < 4.78 is 0. The first-order chi connectivity index (χ1) is 8.88. The number of nitrogens with one attached hydrogen (secondary N) is 1. The average Bonchev–Trinajstić information content (AvgIpc) is 2.33. The fourth-order valence-electron chi connectivity index (χ4n) is 1.62. The van der Waals surface area contributed by atoms with Crippen LogP contribution in [0, 0.1) is 15.0 Å². The summed E-state index contributed by atoms with van der Waals surface area (Å²) in [7, 11) is 0. The van der Waals surface area contributed by atoms with Gasteiger partial charge in [0, 0.05) is 0 Å². The molecule has 0 spiro atoms. The van der Waals surface area contributed by atoms with E-state index in [2.05, 4.69) is 10.2 Å². The van der Waals surface area contributed by atoms with Gasteiger partial charge < -0.3 is 10.1 Å². The van der Waals surface area contributed by atoms with Gasteiger partial charge in [-0.2, -0.15) is 0 Å². The molecule has 98 valence electrons. The molecule has 0 saturated heterocycles. The molecule has 0 aliphatic carbocycles. The zero-order valence-corrected chi connectivity index (χ0v) is 10.3. The molecule has 0 aliphatic heterocycles. The summed E-state index contributed by atoms with van der Waals surface area (Å²) in [5, 5.41) is 21.9. The van der Waals surface area contributed by atoms with Crippen molar-refractivity contribution in [2.24, 2.45) is 5.18 Å². The van der Waals surface area contributed by atoms with E-state index in [-0.39, 0.29) is 15.9 Å². The third-order valence-corrected chi connectivity index (χ3v) is 3.17. The van der Waals surface area contributed by atoms with Gasteiger partial charge in [0.25, 0.3) is 5.56 Å². The summed E-state index contributed by atoms with van der Waals surface area (Å²) in [5.74, 6) is -1.02. The number of nitroso groups, excluding NO2 is 1. The molecule has 0 atom stereocenters. The Bertz CT molecular complexity index is 786. The molecule has 0 unspecified atom stereocenters. The first-order valence-corrected chi connectivity index (χ1v) is 5.38. The molecule has 8 nitrogen and oxygen atoms in total. The van der Waals surface area contributed by atoms with Gasteiger partial charge in [-0.15, -0.1) is 4.91 Å². The van der Waals surface area contributed by atoms with E-state index in [0.29, 0.717) is 0 Å². The minimum Gasteiger partial charge on any atom is -0.501 e. The lowest BCUT2D eigenvalue weighted by molar-refractivity contribution is -0.382. The van der Waals surface area contributed by atoms with Crippen LogP contribution in [0.5, 0.6) is 5.75 Å². The Balaban J connectivity index is 3.19. The molecule has 19 heavy (non-hydrogen) atoms. The van der Waals surface area contributed by atoms with E-state index >= 15 is 0 Å². The smallest absolute Gasteiger partial charge is 0.301 e. The lowest BCUT2D eigenvalue weighted by atomic mass is 10.1. The number of fused-ring (bicyclic) bond motifs is 1. The molecule has 1 heterocycles. The van der Waals surface area contributed by atoms with E-state index in [0.717, 1.165) is 6.07 Å². The highest BCUT2D eigenvalue weighted by molar-refractivity contribution is 6.44. The van der Waals surface area contributed by atoms with E-state index in [4.69, 9.17) is 23.2 Å². The molecule has 0 saturated carbocycles. The van der Waals surface area contributed by atoms with Crippen molar-refractivity contribution in [2.45, 2.75) is 0 Å². The number of benzene rings is 1. The van der Waals surface area contributed by atoms with Gasteiger partial charge in [0.2, 0.25) is 5.75 Å². The lowest BCUT2D eigenvalue weighted by Gasteiger charge is -2.06. The van der Waals surface area contributed by atoms with Crippen LogP contribution < -0.4 is 5.56 Å². The monoisotopic (exact) mass is 303 g/mol. The minimum atomic E-state index is -1.02. The van der Waals surface area contributed by atoms with Crippen molar-refractivity contribution in [3.05, 3.63) is 41.5 Å². The summed E-state index contributed by atoms with van der Waals surface area (Å²) in [6.45, 7) is 0. The van der Waals surface area contributed by atoms with E-state index in [1.807, 2.05) is 0 Å². The molecule has 0 fully saturated rings. The second-order valence-corrected chi connectivity index (χ2v) is 4.23. The lowest BCUT2D eigenvalue weighted by Crippen LogP contribution is -2.06. The largest absolute Gasteiger partial charge is 0.501 e. The molecule has 1 aromatic heterocycles. The Morgan fingerprint density at radius 2 is 2.05 bits per heavy atom. The second-order valence-electron chi connectivity index (χ2n) is 3.44. The molecule has 2 N–H and O–H groups in total. The van der Waals surface area contributed by atoms with Gasteiger partial charge in [0.05, 0.1) is 15.5 Å². The molecular formula is C9H3Cl2N3O5. The highest BCUT2D eigenvalue weighted by Gasteiger charge is 2.27. The maximum absolute atomic E-state index is 11.3. The van der Waals surface area contributed by atoms with Gasteiger partial charge in [0.1, 0.15) is 10.4 Å². The van der Waals surface area contributed by atoms with Crippen LogP contribution in [0.1, 0.15) is 0 Å². The van der Waals surface area contributed by atoms with Gasteiger partial charge in [-0.25, -0.2) is 0 Å². The highest BCUT2D eigenvalue weighted by atomic mass is 35.5. The van der Waals surface area contributed by atoms with Crippen LogP contribution in [0.2, 0.25) is 10.0 Å². The van der Waals surface area contributed by atoms with Crippen LogP contribution in [-0.4, -0.2) is 15.0 Å². The predicted octanol–water partition coefficient (Wildman–Crippen LogP) is 2.85. The standard InChI is InChI=1S/C9H3Cl2N3O5/c10-2-1-3-4(7(5(2)11)14(18)19)6(13-17)8(15)9(16)12-3/h1,15H,(H,12,16).